The van der Waals surface area contributed by atoms with Gasteiger partial charge in [-0.2, -0.15) is 9.97 Å². The molecular formula is C20H31N5O6S. The fourth-order valence-electron chi connectivity index (χ4n) is 2.41. The van der Waals surface area contributed by atoms with Gasteiger partial charge in [-0.25, -0.2) is 27.7 Å². The minimum atomic E-state index is -3.28. The lowest BCUT2D eigenvalue weighted by molar-refractivity contribution is 0.0696. The molecule has 0 radical (unpaired) electrons. The highest BCUT2D eigenvalue weighted by Gasteiger charge is 2.13. The number of nitrogens with two attached hydrogens (primary N) is 1. The maximum atomic E-state index is 11.2. The van der Waals surface area contributed by atoms with Gasteiger partial charge in [-0.1, -0.05) is 27.7 Å². The normalized spacial score (nSPS) is 10.3. The summed E-state index contributed by atoms with van der Waals surface area (Å²) in [7, 11) is -3.28. The standard InChI is InChI=1S/C16H19N5O6S.2C2H6/c1-28(26,27)18-4-2-3-12-19-13(21-16(17)20-12)7-9-5-10(14(22)23)8-11(6-9)15(24)25;2*1-2/h5-6,8,18H,2-4,7H2,1H3,(H,22,23)(H,24,25)(H2,17,19,20,21);2*1-2H3. The van der Waals surface area contributed by atoms with Crippen molar-refractivity contribution in [2.24, 2.45) is 0 Å². The van der Waals surface area contributed by atoms with Crippen LogP contribution in [0.2, 0.25) is 0 Å². The van der Waals surface area contributed by atoms with Crippen molar-refractivity contribution < 1.29 is 28.2 Å². The number of benzene rings is 1. The molecule has 0 aliphatic carbocycles. The van der Waals surface area contributed by atoms with Crippen LogP contribution < -0.4 is 10.5 Å². The zero-order valence-electron chi connectivity index (χ0n) is 18.9. The Morgan fingerprint density at radius 1 is 0.938 bits per heavy atom. The predicted molar refractivity (Wildman–Crippen MR) is 121 cm³/mol. The van der Waals surface area contributed by atoms with E-state index < -0.39 is 22.0 Å². The molecule has 1 aromatic heterocycles. The van der Waals surface area contributed by atoms with Gasteiger partial charge < -0.3 is 15.9 Å². The monoisotopic (exact) mass is 469 g/mol. The number of nitrogen functional groups attached to an aromatic ring is 1. The van der Waals surface area contributed by atoms with Gasteiger partial charge in [0.2, 0.25) is 16.0 Å². The second-order valence-electron chi connectivity index (χ2n) is 6.00. The number of anilines is 1. The number of hydrogen-bond acceptors (Lipinski definition) is 8. The number of sulfonamides is 1. The van der Waals surface area contributed by atoms with E-state index in [9.17, 15) is 18.0 Å². The first kappa shape index (κ1) is 28.9. The van der Waals surface area contributed by atoms with Gasteiger partial charge in [-0.05, 0) is 30.2 Å². The van der Waals surface area contributed by atoms with Crippen LogP contribution in [0.1, 0.15) is 72.0 Å². The van der Waals surface area contributed by atoms with E-state index >= 15 is 0 Å². The quantitative estimate of drug-likeness (QED) is 0.396. The molecule has 1 aromatic carbocycles. The summed E-state index contributed by atoms with van der Waals surface area (Å²) in [5.74, 6) is -1.94. The fourth-order valence-corrected chi connectivity index (χ4v) is 2.92. The number of carboxylic acids is 2. The van der Waals surface area contributed by atoms with Crippen molar-refractivity contribution in [1.82, 2.24) is 19.7 Å². The van der Waals surface area contributed by atoms with E-state index in [1.54, 1.807) is 0 Å². The second-order valence-corrected chi connectivity index (χ2v) is 7.83. The average Bonchev–Trinajstić information content (AvgIpc) is 2.73. The third kappa shape index (κ3) is 10.8. The zero-order valence-corrected chi connectivity index (χ0v) is 19.7. The Labute approximate surface area is 188 Å². The van der Waals surface area contributed by atoms with Gasteiger partial charge in [0.15, 0.2) is 0 Å². The van der Waals surface area contributed by atoms with Gasteiger partial charge in [0.05, 0.1) is 17.4 Å². The molecule has 5 N–H and O–H groups in total. The number of nitrogens with one attached hydrogen (secondary N) is 1. The van der Waals surface area contributed by atoms with Crippen LogP contribution in [-0.2, 0) is 22.9 Å². The maximum absolute atomic E-state index is 11.2. The predicted octanol–water partition coefficient (Wildman–Crippen LogP) is 1.98. The number of nitrogens with zero attached hydrogens (tertiary/aromatic N) is 3. The number of aromatic nitrogens is 3. The molecule has 0 unspecified atom stereocenters. The molecule has 11 nitrogen and oxygen atoms in total. The van der Waals surface area contributed by atoms with E-state index in [-0.39, 0.29) is 35.9 Å². The highest BCUT2D eigenvalue weighted by Crippen LogP contribution is 2.14. The van der Waals surface area contributed by atoms with Crippen LogP contribution in [0.4, 0.5) is 5.95 Å². The minimum absolute atomic E-state index is 0.0380. The van der Waals surface area contributed by atoms with Crippen LogP contribution in [0.5, 0.6) is 0 Å². The van der Waals surface area contributed by atoms with E-state index in [0.29, 0.717) is 24.2 Å². The molecule has 0 spiro atoms. The van der Waals surface area contributed by atoms with Crippen LogP contribution in [0.3, 0.4) is 0 Å². The summed E-state index contributed by atoms with van der Waals surface area (Å²) in [6.45, 7) is 8.21. The topological polar surface area (TPSA) is 185 Å². The Balaban J connectivity index is 0.00000227. The molecular weight excluding hydrogens is 438 g/mol. The lowest BCUT2D eigenvalue weighted by Gasteiger charge is -2.07. The van der Waals surface area contributed by atoms with Crippen LogP contribution in [0, 0.1) is 0 Å². The van der Waals surface area contributed by atoms with E-state index in [4.69, 9.17) is 15.9 Å². The van der Waals surface area contributed by atoms with E-state index in [1.165, 1.54) is 12.1 Å². The highest BCUT2D eigenvalue weighted by atomic mass is 32.2. The van der Waals surface area contributed by atoms with Crippen molar-refractivity contribution in [3.8, 4) is 0 Å². The van der Waals surface area contributed by atoms with Crippen molar-refractivity contribution in [3.63, 3.8) is 0 Å². The SMILES string of the molecule is CC.CC.CS(=O)(=O)NCCCc1nc(N)nc(Cc2cc(C(=O)O)cc(C(=O)O)c2)n1. The number of carbonyl (C=O) groups is 2. The zero-order chi connectivity index (χ0) is 24.9. The van der Waals surface area contributed by atoms with Gasteiger partial charge >= 0.3 is 11.9 Å². The Kier molecular flexibility index (Phi) is 12.7. The first-order valence-corrected chi connectivity index (χ1v) is 12.0. The molecule has 0 bridgehead atoms. The Bertz CT molecular complexity index is 979. The Hall–Kier alpha value is -3.12. The molecule has 2 rings (SSSR count). The number of aromatic carboxylic acids is 2. The molecule has 2 aromatic rings. The smallest absolute Gasteiger partial charge is 0.335 e. The van der Waals surface area contributed by atoms with Crippen LogP contribution in [0.25, 0.3) is 0 Å². The summed E-state index contributed by atoms with van der Waals surface area (Å²) < 4.78 is 24.5. The highest BCUT2D eigenvalue weighted by molar-refractivity contribution is 7.88. The molecule has 0 atom stereocenters. The van der Waals surface area contributed by atoms with E-state index in [0.717, 1.165) is 12.3 Å². The molecule has 1 heterocycles. The van der Waals surface area contributed by atoms with Gasteiger partial charge in [-0.15, -0.1) is 0 Å². The summed E-state index contributed by atoms with van der Waals surface area (Å²) >= 11 is 0. The van der Waals surface area contributed by atoms with Crippen LogP contribution in [-0.4, -0.2) is 58.3 Å². The fraction of sp³-hybridized carbons (Fsp3) is 0.450. The third-order valence-electron chi connectivity index (χ3n) is 3.54. The van der Waals surface area contributed by atoms with Crippen molar-refractivity contribution in [3.05, 3.63) is 46.5 Å². The number of aryl methyl sites for hydroxylation is 1. The molecule has 0 fully saturated rings. The van der Waals surface area contributed by atoms with Crippen LogP contribution >= 0.6 is 0 Å². The second kappa shape index (κ2) is 14.0. The van der Waals surface area contributed by atoms with Crippen molar-refractivity contribution in [2.45, 2.75) is 47.0 Å². The van der Waals surface area contributed by atoms with Crippen molar-refractivity contribution >= 4 is 27.9 Å². The van der Waals surface area contributed by atoms with E-state index in [2.05, 4.69) is 19.7 Å². The Morgan fingerprint density at radius 2 is 1.44 bits per heavy atom. The van der Waals surface area contributed by atoms with Gasteiger partial charge in [-0.3, -0.25) is 0 Å². The van der Waals surface area contributed by atoms with Gasteiger partial charge in [0.1, 0.15) is 11.6 Å². The number of rotatable bonds is 9. The lowest BCUT2D eigenvalue weighted by atomic mass is 10.0. The molecule has 12 heteroatoms. The lowest BCUT2D eigenvalue weighted by Crippen LogP contribution is -2.23. The summed E-state index contributed by atoms with van der Waals surface area (Å²) in [5.41, 5.74) is 5.75. The molecule has 178 valence electrons. The molecule has 0 aliphatic heterocycles. The molecule has 32 heavy (non-hydrogen) atoms. The number of hydrogen-bond donors (Lipinski definition) is 4. The summed E-state index contributed by atoms with van der Waals surface area (Å²) in [6.07, 6.45) is 1.90. The van der Waals surface area contributed by atoms with Gasteiger partial charge in [0.25, 0.3) is 0 Å². The molecule has 0 saturated carbocycles. The first-order chi connectivity index (χ1) is 15.0. The summed E-state index contributed by atoms with van der Waals surface area (Å²) in [4.78, 5) is 34.6. The third-order valence-corrected chi connectivity index (χ3v) is 4.26. The molecule has 0 amide bonds. The molecule has 0 aliphatic rings. The van der Waals surface area contributed by atoms with Crippen molar-refractivity contribution in [1.29, 1.82) is 0 Å². The summed E-state index contributed by atoms with van der Waals surface area (Å²) in [6, 6.07) is 3.74. The van der Waals surface area contributed by atoms with Crippen LogP contribution in [0.15, 0.2) is 18.2 Å². The molecule has 0 saturated heterocycles. The van der Waals surface area contributed by atoms with Gasteiger partial charge in [0, 0.05) is 19.4 Å². The van der Waals surface area contributed by atoms with Crippen molar-refractivity contribution in [2.75, 3.05) is 18.5 Å². The minimum Gasteiger partial charge on any atom is -0.478 e. The number of carboxylic acid groups (broad SMARTS) is 2. The van der Waals surface area contributed by atoms with E-state index in [1.807, 2.05) is 27.7 Å². The summed E-state index contributed by atoms with van der Waals surface area (Å²) in [5, 5.41) is 18.3. The Morgan fingerprint density at radius 3 is 1.91 bits per heavy atom. The largest absolute Gasteiger partial charge is 0.478 e. The first-order valence-electron chi connectivity index (χ1n) is 10.1. The average molecular weight is 470 g/mol. The maximum Gasteiger partial charge on any atom is 0.335 e.